The van der Waals surface area contributed by atoms with Crippen molar-refractivity contribution in [3.8, 4) is 0 Å². The first-order chi connectivity index (χ1) is 8.49. The van der Waals surface area contributed by atoms with Gasteiger partial charge in [-0.2, -0.15) is 0 Å². The first-order valence-electron chi connectivity index (χ1n) is 6.09. The Hall–Kier alpha value is -1.97. The van der Waals surface area contributed by atoms with Crippen LogP contribution in [0.4, 0.5) is 11.5 Å². The molecule has 0 amide bonds. The normalized spacial score (nSPS) is 11.5. The number of H-pyrrole nitrogens is 1. The molecule has 0 saturated carbocycles. The molecule has 0 saturated heterocycles. The maximum atomic E-state index is 5.69. The molecule has 4 heteroatoms. The van der Waals surface area contributed by atoms with E-state index in [1.807, 2.05) is 25.3 Å². The lowest BCUT2D eigenvalue weighted by Crippen LogP contribution is -2.28. The molecule has 0 radical (unpaired) electrons. The predicted molar refractivity (Wildman–Crippen MR) is 75.7 cm³/mol. The van der Waals surface area contributed by atoms with Crippen molar-refractivity contribution >= 4 is 11.5 Å². The largest absolute Gasteiger partial charge is 0.397 e. The van der Waals surface area contributed by atoms with Crippen LogP contribution in [-0.2, 0) is 5.41 Å². The average Bonchev–Trinajstić information content (AvgIpc) is 2.82. The van der Waals surface area contributed by atoms with Gasteiger partial charge in [-0.25, -0.2) is 4.98 Å². The molecule has 96 valence electrons. The number of hydrogen-bond donors (Lipinski definition) is 3. The van der Waals surface area contributed by atoms with E-state index in [0.29, 0.717) is 5.69 Å². The summed E-state index contributed by atoms with van der Waals surface area (Å²) < 4.78 is 0. The van der Waals surface area contributed by atoms with Crippen molar-refractivity contribution in [2.24, 2.45) is 0 Å². The number of nitrogens with two attached hydrogens (primary N) is 1. The van der Waals surface area contributed by atoms with E-state index in [4.69, 9.17) is 5.73 Å². The number of aromatic nitrogens is 2. The number of rotatable bonds is 4. The Morgan fingerprint density at radius 1 is 1.44 bits per heavy atom. The van der Waals surface area contributed by atoms with Gasteiger partial charge in [0.15, 0.2) is 0 Å². The summed E-state index contributed by atoms with van der Waals surface area (Å²) in [7, 11) is 0. The second kappa shape index (κ2) is 4.72. The van der Waals surface area contributed by atoms with Crippen molar-refractivity contribution in [3.63, 3.8) is 0 Å². The number of aryl methyl sites for hydroxylation is 1. The Balaban J connectivity index is 2.07. The van der Waals surface area contributed by atoms with Crippen LogP contribution in [0.5, 0.6) is 0 Å². The Labute approximate surface area is 108 Å². The summed E-state index contributed by atoms with van der Waals surface area (Å²) in [6, 6.07) is 6.05. The van der Waals surface area contributed by atoms with Crippen LogP contribution in [-0.4, -0.2) is 16.5 Å². The fraction of sp³-hybridized carbons (Fsp3) is 0.357. The molecule has 0 unspecified atom stereocenters. The van der Waals surface area contributed by atoms with E-state index in [-0.39, 0.29) is 5.41 Å². The first kappa shape index (κ1) is 12.5. The lowest BCUT2D eigenvalue weighted by molar-refractivity contribution is 0.541. The monoisotopic (exact) mass is 244 g/mol. The minimum Gasteiger partial charge on any atom is -0.397 e. The van der Waals surface area contributed by atoms with Gasteiger partial charge in [0.25, 0.3) is 0 Å². The molecule has 0 atom stereocenters. The van der Waals surface area contributed by atoms with E-state index in [1.165, 1.54) is 5.69 Å². The second-order valence-electron chi connectivity index (χ2n) is 5.26. The summed E-state index contributed by atoms with van der Waals surface area (Å²) in [5, 5.41) is 3.38. The van der Waals surface area contributed by atoms with Crippen LogP contribution >= 0.6 is 0 Å². The van der Waals surface area contributed by atoms with Crippen LogP contribution in [0.15, 0.2) is 30.6 Å². The summed E-state index contributed by atoms with van der Waals surface area (Å²) >= 11 is 0. The molecule has 0 fully saturated rings. The number of pyridine rings is 1. The number of anilines is 2. The van der Waals surface area contributed by atoms with E-state index >= 15 is 0 Å². The molecule has 0 spiro atoms. The highest BCUT2D eigenvalue weighted by Crippen LogP contribution is 2.22. The van der Waals surface area contributed by atoms with Crippen LogP contribution in [0.1, 0.15) is 25.1 Å². The molecular formula is C14H20N4. The van der Waals surface area contributed by atoms with Gasteiger partial charge in [-0.15, -0.1) is 0 Å². The molecule has 4 N–H and O–H groups in total. The third kappa shape index (κ3) is 2.64. The van der Waals surface area contributed by atoms with E-state index in [0.717, 1.165) is 17.9 Å². The van der Waals surface area contributed by atoms with Crippen molar-refractivity contribution in [2.75, 3.05) is 17.6 Å². The lowest BCUT2D eigenvalue weighted by Gasteiger charge is -2.24. The fourth-order valence-corrected chi connectivity index (χ4v) is 1.93. The minimum atomic E-state index is 0.0268. The van der Waals surface area contributed by atoms with E-state index < -0.39 is 0 Å². The fourth-order valence-electron chi connectivity index (χ4n) is 1.93. The van der Waals surface area contributed by atoms with Crippen molar-refractivity contribution in [1.82, 2.24) is 9.97 Å². The van der Waals surface area contributed by atoms with Crippen LogP contribution < -0.4 is 11.1 Å². The summed E-state index contributed by atoms with van der Waals surface area (Å²) in [5.74, 6) is 0.892. The van der Waals surface area contributed by atoms with Gasteiger partial charge in [0.05, 0.1) is 11.9 Å². The molecule has 4 nitrogen and oxygen atoms in total. The van der Waals surface area contributed by atoms with Gasteiger partial charge in [-0.05, 0) is 30.7 Å². The van der Waals surface area contributed by atoms with Gasteiger partial charge >= 0.3 is 0 Å². The molecular weight excluding hydrogens is 224 g/mol. The van der Waals surface area contributed by atoms with Crippen molar-refractivity contribution < 1.29 is 0 Å². The molecule has 0 bridgehead atoms. The smallest absolute Gasteiger partial charge is 0.129 e. The number of aromatic amines is 1. The number of nitrogens with zero attached hydrogens (tertiary/aromatic N) is 1. The summed E-state index contributed by atoms with van der Waals surface area (Å²) in [5.41, 5.74) is 8.69. The Kier molecular flexibility index (Phi) is 3.28. The Morgan fingerprint density at radius 3 is 2.83 bits per heavy atom. The highest BCUT2D eigenvalue weighted by atomic mass is 15.0. The van der Waals surface area contributed by atoms with Crippen molar-refractivity contribution in [2.45, 2.75) is 26.2 Å². The molecule has 2 aromatic heterocycles. The van der Waals surface area contributed by atoms with Crippen LogP contribution in [0, 0.1) is 6.92 Å². The van der Waals surface area contributed by atoms with E-state index in [2.05, 4.69) is 35.2 Å². The van der Waals surface area contributed by atoms with Gasteiger partial charge in [0.1, 0.15) is 5.82 Å². The van der Waals surface area contributed by atoms with Gasteiger partial charge in [-0.1, -0.05) is 13.8 Å². The third-order valence-corrected chi connectivity index (χ3v) is 3.12. The zero-order chi connectivity index (χ0) is 13.2. The summed E-state index contributed by atoms with van der Waals surface area (Å²) in [4.78, 5) is 7.57. The van der Waals surface area contributed by atoms with Crippen LogP contribution in [0.25, 0.3) is 0 Å². The molecule has 0 aliphatic heterocycles. The van der Waals surface area contributed by atoms with Gasteiger partial charge in [-0.3, -0.25) is 0 Å². The number of nitrogens with one attached hydrogen (secondary N) is 2. The SMILES string of the molecule is Cc1cc(N)cnc1NCC(C)(C)c1ccc[nH]1. The Bertz CT molecular complexity index is 515. The van der Waals surface area contributed by atoms with E-state index in [1.54, 1.807) is 6.20 Å². The zero-order valence-electron chi connectivity index (χ0n) is 11.1. The predicted octanol–water partition coefficient (Wildman–Crippen LogP) is 2.69. The van der Waals surface area contributed by atoms with Gasteiger partial charge < -0.3 is 16.0 Å². The quantitative estimate of drug-likeness (QED) is 0.774. The number of hydrogen-bond acceptors (Lipinski definition) is 3. The van der Waals surface area contributed by atoms with E-state index in [9.17, 15) is 0 Å². The molecule has 0 aliphatic carbocycles. The first-order valence-corrected chi connectivity index (χ1v) is 6.09. The van der Waals surface area contributed by atoms with Gasteiger partial charge in [0, 0.05) is 23.9 Å². The van der Waals surface area contributed by atoms with Crippen LogP contribution in [0.3, 0.4) is 0 Å². The summed E-state index contributed by atoms with van der Waals surface area (Å²) in [6.07, 6.45) is 3.63. The van der Waals surface area contributed by atoms with Crippen molar-refractivity contribution in [3.05, 3.63) is 41.9 Å². The zero-order valence-corrected chi connectivity index (χ0v) is 11.1. The minimum absolute atomic E-state index is 0.0268. The maximum Gasteiger partial charge on any atom is 0.129 e. The molecule has 18 heavy (non-hydrogen) atoms. The molecule has 2 rings (SSSR count). The Morgan fingerprint density at radius 2 is 2.22 bits per heavy atom. The highest BCUT2D eigenvalue weighted by Gasteiger charge is 2.21. The molecule has 2 aromatic rings. The standard InChI is InChI=1S/C14H20N4/c1-10-7-11(15)8-17-13(10)18-9-14(2,3)12-5-4-6-16-12/h4-8,16H,9,15H2,1-3H3,(H,17,18). The lowest BCUT2D eigenvalue weighted by atomic mass is 9.89. The van der Waals surface area contributed by atoms with Crippen LogP contribution in [0.2, 0.25) is 0 Å². The summed E-state index contributed by atoms with van der Waals surface area (Å²) in [6.45, 7) is 7.20. The van der Waals surface area contributed by atoms with Gasteiger partial charge in [0.2, 0.25) is 0 Å². The van der Waals surface area contributed by atoms with Crippen molar-refractivity contribution in [1.29, 1.82) is 0 Å². The highest BCUT2D eigenvalue weighted by molar-refractivity contribution is 5.51. The second-order valence-corrected chi connectivity index (χ2v) is 5.26. The topological polar surface area (TPSA) is 66.7 Å². The molecule has 0 aromatic carbocycles. The molecule has 0 aliphatic rings. The third-order valence-electron chi connectivity index (χ3n) is 3.12. The number of nitrogen functional groups attached to an aromatic ring is 1. The maximum absolute atomic E-state index is 5.69. The average molecular weight is 244 g/mol. The molecule has 2 heterocycles.